The molecule has 1 amide bonds. The van der Waals surface area contributed by atoms with Gasteiger partial charge in [-0.1, -0.05) is 36.4 Å². The molecule has 35 heavy (non-hydrogen) atoms. The molecule has 1 saturated heterocycles. The Bertz CT molecular complexity index is 1280. The number of likely N-dealkylation sites (tertiary alicyclic amines) is 1. The molecule has 182 valence electrons. The van der Waals surface area contributed by atoms with E-state index in [0.717, 1.165) is 24.8 Å². The Labute approximate surface area is 203 Å². The second-order valence-electron chi connectivity index (χ2n) is 9.17. The van der Waals surface area contributed by atoms with Crippen molar-refractivity contribution in [3.63, 3.8) is 0 Å². The molecular formula is C27H29N3O5. The maximum Gasteiger partial charge on any atom is 0.289 e. The lowest BCUT2D eigenvalue weighted by atomic mass is 9.99. The van der Waals surface area contributed by atoms with E-state index in [9.17, 15) is 14.7 Å². The second-order valence-corrected chi connectivity index (χ2v) is 9.17. The van der Waals surface area contributed by atoms with E-state index in [1.54, 1.807) is 23.1 Å². The number of ether oxygens (including phenoxy) is 2. The van der Waals surface area contributed by atoms with Crippen molar-refractivity contribution >= 4 is 5.91 Å². The average molecular weight is 476 g/mol. The van der Waals surface area contributed by atoms with Gasteiger partial charge in [0.05, 0.1) is 14.2 Å². The minimum absolute atomic E-state index is 0.181. The highest BCUT2D eigenvalue weighted by molar-refractivity contribution is 5.96. The van der Waals surface area contributed by atoms with Gasteiger partial charge in [-0.15, -0.1) is 0 Å². The second kappa shape index (κ2) is 9.44. The molecule has 2 aliphatic rings. The van der Waals surface area contributed by atoms with Crippen molar-refractivity contribution in [1.29, 1.82) is 0 Å². The molecular weight excluding hydrogens is 446 g/mol. The van der Waals surface area contributed by atoms with Crippen molar-refractivity contribution in [2.24, 2.45) is 5.92 Å². The van der Waals surface area contributed by atoms with Gasteiger partial charge in [-0.25, -0.2) is 0 Å². The lowest BCUT2D eigenvalue weighted by molar-refractivity contribution is 0.0784. The Morgan fingerprint density at radius 1 is 1.03 bits per heavy atom. The number of aromatic hydroxyl groups is 1. The minimum Gasteiger partial charge on any atom is -0.494 e. The quantitative estimate of drug-likeness (QED) is 0.562. The summed E-state index contributed by atoms with van der Waals surface area (Å²) in [5.74, 6) is 0.881. The number of aromatic nitrogens is 2. The Morgan fingerprint density at radius 2 is 1.71 bits per heavy atom. The fourth-order valence-electron chi connectivity index (χ4n) is 4.84. The predicted molar refractivity (Wildman–Crippen MR) is 131 cm³/mol. The number of rotatable bonds is 7. The molecule has 0 spiro atoms. The molecule has 1 atom stereocenters. The van der Waals surface area contributed by atoms with E-state index >= 15 is 0 Å². The van der Waals surface area contributed by atoms with E-state index < -0.39 is 17.3 Å². The van der Waals surface area contributed by atoms with Crippen LogP contribution in [0, 0.1) is 5.92 Å². The highest BCUT2D eigenvalue weighted by Gasteiger charge is 2.34. The van der Waals surface area contributed by atoms with Gasteiger partial charge in [0.2, 0.25) is 5.88 Å². The van der Waals surface area contributed by atoms with Gasteiger partial charge in [0, 0.05) is 25.4 Å². The summed E-state index contributed by atoms with van der Waals surface area (Å²) in [6.07, 6.45) is 3.38. The molecule has 1 aliphatic heterocycles. The lowest BCUT2D eigenvalue weighted by Crippen LogP contribution is -2.35. The van der Waals surface area contributed by atoms with Crippen molar-refractivity contribution < 1.29 is 19.4 Å². The fraction of sp³-hybridized carbons (Fsp3) is 0.370. The Morgan fingerprint density at radius 3 is 2.34 bits per heavy atom. The summed E-state index contributed by atoms with van der Waals surface area (Å²) in [4.78, 5) is 32.6. The first kappa shape index (κ1) is 23.0. The molecule has 2 fully saturated rings. The summed E-state index contributed by atoms with van der Waals surface area (Å²) in [6.45, 7) is 0.975. The van der Waals surface area contributed by atoms with Crippen LogP contribution in [0.15, 0.2) is 53.3 Å². The predicted octanol–water partition coefficient (Wildman–Crippen LogP) is 3.54. The number of carbonyl (C=O) groups is 1. The molecule has 0 bridgehead atoms. The molecule has 0 radical (unpaired) electrons. The van der Waals surface area contributed by atoms with Crippen LogP contribution in [0.4, 0.5) is 0 Å². The van der Waals surface area contributed by atoms with Crippen molar-refractivity contribution in [2.75, 3.05) is 27.3 Å². The van der Waals surface area contributed by atoms with Gasteiger partial charge in [0.15, 0.2) is 5.56 Å². The zero-order valence-electron chi connectivity index (χ0n) is 19.9. The monoisotopic (exact) mass is 475 g/mol. The van der Waals surface area contributed by atoms with Crippen LogP contribution in [-0.4, -0.2) is 52.8 Å². The largest absolute Gasteiger partial charge is 0.494 e. The van der Waals surface area contributed by atoms with E-state index in [1.165, 1.54) is 18.8 Å². The normalized spacial score (nSPS) is 17.4. The van der Waals surface area contributed by atoms with Gasteiger partial charge in [0.1, 0.15) is 23.0 Å². The molecule has 8 heteroatoms. The van der Waals surface area contributed by atoms with Crippen LogP contribution in [0.1, 0.15) is 46.9 Å². The molecule has 2 heterocycles. The highest BCUT2D eigenvalue weighted by Crippen LogP contribution is 2.39. The smallest absolute Gasteiger partial charge is 0.289 e. The van der Waals surface area contributed by atoms with Crippen molar-refractivity contribution in [1.82, 2.24) is 14.5 Å². The number of nitrogens with zero attached hydrogens (tertiary/aromatic N) is 3. The van der Waals surface area contributed by atoms with Crippen molar-refractivity contribution in [3.8, 4) is 23.1 Å². The van der Waals surface area contributed by atoms with Crippen LogP contribution >= 0.6 is 0 Å². The third kappa shape index (κ3) is 4.36. The number of benzene rings is 2. The average Bonchev–Trinajstić information content (AvgIpc) is 3.55. The molecule has 1 saturated carbocycles. The first-order chi connectivity index (χ1) is 17.0. The number of para-hydroxylation sites is 1. The van der Waals surface area contributed by atoms with Crippen molar-refractivity contribution in [2.45, 2.75) is 31.6 Å². The van der Waals surface area contributed by atoms with E-state index in [2.05, 4.69) is 4.98 Å². The first-order valence-electron chi connectivity index (χ1n) is 11.9. The minimum atomic E-state index is -0.712. The van der Waals surface area contributed by atoms with Crippen LogP contribution in [0.5, 0.6) is 17.4 Å². The van der Waals surface area contributed by atoms with Crippen LogP contribution in [-0.2, 0) is 6.42 Å². The Kier molecular flexibility index (Phi) is 6.19. The number of hydrogen-bond acceptors (Lipinski definition) is 6. The molecule has 1 N–H and O–H groups in total. The first-order valence-corrected chi connectivity index (χ1v) is 11.9. The molecule has 8 nitrogen and oxygen atoms in total. The standard InChI is InChI=1S/C27H29N3O5/c1-34-20-9-6-10-21(35-2)24(20)30-22(15-17-11-12-17)28-25(31)23(27(30)33)26(32)29-14-13-19(16-29)18-7-4-3-5-8-18/h3-10,17,19,33H,11-16H2,1-2H3/t19-/m0/s1. The SMILES string of the molecule is COc1cccc(OC)c1-n1c(CC2CC2)nc(=O)c(C(=O)N2CC[C@H](c3ccccc3)C2)c1O. The fourth-order valence-corrected chi connectivity index (χ4v) is 4.84. The van der Waals surface area contributed by atoms with Crippen LogP contribution in [0.3, 0.4) is 0 Å². The molecule has 5 rings (SSSR count). The molecule has 1 aliphatic carbocycles. The number of carbonyl (C=O) groups excluding carboxylic acids is 1. The van der Waals surface area contributed by atoms with Gasteiger partial charge in [-0.3, -0.25) is 14.2 Å². The summed E-state index contributed by atoms with van der Waals surface area (Å²) in [7, 11) is 3.04. The summed E-state index contributed by atoms with van der Waals surface area (Å²) in [5.41, 5.74) is 0.527. The van der Waals surface area contributed by atoms with Crippen LogP contribution in [0.2, 0.25) is 0 Å². The molecule has 0 unspecified atom stereocenters. The van der Waals surface area contributed by atoms with Gasteiger partial charge < -0.3 is 19.5 Å². The van der Waals surface area contributed by atoms with Crippen molar-refractivity contribution in [3.05, 3.63) is 75.8 Å². The number of hydrogen-bond donors (Lipinski definition) is 1. The zero-order chi connectivity index (χ0) is 24.5. The van der Waals surface area contributed by atoms with Crippen LogP contribution in [0.25, 0.3) is 5.69 Å². The van der Waals surface area contributed by atoms with E-state index in [0.29, 0.717) is 48.4 Å². The van der Waals surface area contributed by atoms with Gasteiger partial charge in [-0.05, 0) is 42.9 Å². The third-order valence-corrected chi connectivity index (χ3v) is 6.89. The molecule has 3 aromatic rings. The maximum atomic E-state index is 13.6. The molecule has 2 aromatic carbocycles. The lowest BCUT2D eigenvalue weighted by Gasteiger charge is -2.22. The zero-order valence-corrected chi connectivity index (χ0v) is 19.9. The summed E-state index contributed by atoms with van der Waals surface area (Å²) < 4.78 is 12.6. The summed E-state index contributed by atoms with van der Waals surface area (Å²) >= 11 is 0. The number of methoxy groups -OCH3 is 2. The van der Waals surface area contributed by atoms with Gasteiger partial charge in [-0.2, -0.15) is 4.98 Å². The highest BCUT2D eigenvalue weighted by atomic mass is 16.5. The summed E-state index contributed by atoms with van der Waals surface area (Å²) in [6, 6.07) is 15.3. The van der Waals surface area contributed by atoms with E-state index in [4.69, 9.17) is 9.47 Å². The maximum absolute atomic E-state index is 13.6. The van der Waals surface area contributed by atoms with E-state index in [1.807, 2.05) is 30.3 Å². The third-order valence-electron chi connectivity index (χ3n) is 6.89. The Hall–Kier alpha value is -3.81. The summed E-state index contributed by atoms with van der Waals surface area (Å²) in [5, 5.41) is 11.5. The van der Waals surface area contributed by atoms with Gasteiger partial charge in [0.25, 0.3) is 11.5 Å². The van der Waals surface area contributed by atoms with Crippen LogP contribution < -0.4 is 15.0 Å². The topological polar surface area (TPSA) is 93.9 Å². The van der Waals surface area contributed by atoms with Gasteiger partial charge >= 0.3 is 0 Å². The number of amides is 1. The molecule has 1 aromatic heterocycles. The van der Waals surface area contributed by atoms with E-state index in [-0.39, 0.29) is 11.5 Å². The Balaban J connectivity index is 1.58.